The topological polar surface area (TPSA) is 72.7 Å². The van der Waals surface area contributed by atoms with E-state index in [0.29, 0.717) is 18.7 Å². The van der Waals surface area contributed by atoms with Gasteiger partial charge in [-0.25, -0.2) is 18.1 Å². The van der Waals surface area contributed by atoms with Gasteiger partial charge >= 0.3 is 0 Å². The number of halogens is 1. The van der Waals surface area contributed by atoms with Crippen LogP contribution in [0.15, 0.2) is 29.4 Å². The Bertz CT molecular complexity index is 709. The number of fused-ring (bicyclic) bond motifs is 1. The fourth-order valence-electron chi connectivity index (χ4n) is 2.19. The van der Waals surface area contributed by atoms with Gasteiger partial charge in [0.2, 0.25) is 0 Å². The molecular weight excluding hydrogens is 314 g/mol. The molecule has 0 saturated carbocycles. The number of hydrogen-bond acceptors (Lipinski definition) is 4. The smallest absolute Gasteiger partial charge is 0.260 e. The highest BCUT2D eigenvalue weighted by molar-refractivity contribution is 7.89. The van der Waals surface area contributed by atoms with E-state index in [-0.39, 0.29) is 16.2 Å². The molecule has 0 saturated heterocycles. The zero-order chi connectivity index (χ0) is 15.5. The molecule has 0 aliphatic rings. The third-order valence-corrected chi connectivity index (χ3v) is 4.95. The second-order valence-corrected chi connectivity index (χ2v) is 6.69. The van der Waals surface area contributed by atoms with Crippen molar-refractivity contribution >= 4 is 27.3 Å². The molecule has 0 radical (unpaired) electrons. The Balaban J connectivity index is 2.39. The Morgan fingerprint density at radius 1 is 1.48 bits per heavy atom. The van der Waals surface area contributed by atoms with Crippen molar-refractivity contribution in [2.45, 2.75) is 30.8 Å². The van der Waals surface area contributed by atoms with Gasteiger partial charge in [-0.05, 0) is 18.6 Å². The first kappa shape index (κ1) is 16.2. The van der Waals surface area contributed by atoms with E-state index >= 15 is 0 Å². The average Bonchev–Trinajstić information content (AvgIpc) is 2.75. The summed E-state index contributed by atoms with van der Waals surface area (Å²) in [6.45, 7) is 2.29. The fraction of sp³-hybridized carbons (Fsp3) is 0.462. The Hall–Kier alpha value is -1.15. The number of aromatic nitrogens is 2. The predicted octanol–water partition coefficient (Wildman–Crippen LogP) is 2.08. The molecule has 1 N–H and O–H groups in total. The van der Waals surface area contributed by atoms with Crippen molar-refractivity contribution in [3.05, 3.63) is 29.5 Å². The van der Waals surface area contributed by atoms with E-state index in [4.69, 9.17) is 16.3 Å². The van der Waals surface area contributed by atoms with E-state index in [0.717, 1.165) is 6.42 Å². The van der Waals surface area contributed by atoms with E-state index in [2.05, 4.69) is 9.71 Å². The first-order valence-corrected chi connectivity index (χ1v) is 8.49. The SMILES string of the molecule is CCCC(COC)NS(=O)(=O)c1c(Cl)nc2ccccn12. The van der Waals surface area contributed by atoms with Crippen LogP contribution in [0.25, 0.3) is 5.65 Å². The molecular formula is C13H18ClN3O3S. The first-order chi connectivity index (χ1) is 9.99. The molecule has 1 atom stereocenters. The van der Waals surface area contributed by atoms with Gasteiger partial charge in [0.25, 0.3) is 10.0 Å². The molecule has 2 rings (SSSR count). The molecule has 8 heteroatoms. The molecule has 0 aliphatic carbocycles. The van der Waals surface area contributed by atoms with Gasteiger partial charge in [-0.1, -0.05) is 31.0 Å². The van der Waals surface area contributed by atoms with E-state index in [1.54, 1.807) is 24.4 Å². The number of methoxy groups -OCH3 is 1. The summed E-state index contributed by atoms with van der Waals surface area (Å²) in [5.74, 6) is 0. The van der Waals surface area contributed by atoms with Crippen LogP contribution in [0.1, 0.15) is 19.8 Å². The van der Waals surface area contributed by atoms with Gasteiger partial charge in [0.05, 0.1) is 6.61 Å². The van der Waals surface area contributed by atoms with Crippen LogP contribution in [0.5, 0.6) is 0 Å². The maximum atomic E-state index is 12.6. The van der Waals surface area contributed by atoms with Crippen molar-refractivity contribution < 1.29 is 13.2 Å². The standard InChI is InChI=1S/C13H18ClN3O3S/c1-3-6-10(9-20-2)16-21(18,19)13-12(14)15-11-7-4-5-8-17(11)13/h4-5,7-8,10,16H,3,6,9H2,1-2H3. The number of rotatable bonds is 7. The molecule has 2 heterocycles. The first-order valence-electron chi connectivity index (χ1n) is 6.63. The summed E-state index contributed by atoms with van der Waals surface area (Å²) in [7, 11) is -2.24. The van der Waals surface area contributed by atoms with Crippen molar-refractivity contribution in [2.75, 3.05) is 13.7 Å². The quantitative estimate of drug-likeness (QED) is 0.843. The van der Waals surface area contributed by atoms with Crippen LogP contribution in [0.2, 0.25) is 5.15 Å². The molecule has 2 aromatic rings. The van der Waals surface area contributed by atoms with Crippen LogP contribution >= 0.6 is 11.6 Å². The summed E-state index contributed by atoms with van der Waals surface area (Å²) in [4.78, 5) is 4.06. The van der Waals surface area contributed by atoms with Gasteiger partial charge < -0.3 is 4.74 Å². The van der Waals surface area contributed by atoms with Crippen LogP contribution < -0.4 is 4.72 Å². The van der Waals surface area contributed by atoms with Crippen LogP contribution in [0, 0.1) is 0 Å². The third kappa shape index (κ3) is 3.55. The average molecular weight is 332 g/mol. The van der Waals surface area contributed by atoms with Crippen LogP contribution in [-0.2, 0) is 14.8 Å². The Labute approximate surface area is 129 Å². The lowest BCUT2D eigenvalue weighted by atomic mass is 10.2. The molecule has 0 bridgehead atoms. The third-order valence-electron chi connectivity index (χ3n) is 3.03. The number of nitrogens with one attached hydrogen (secondary N) is 1. The molecule has 0 aliphatic heterocycles. The monoisotopic (exact) mass is 331 g/mol. The lowest BCUT2D eigenvalue weighted by molar-refractivity contribution is 0.171. The van der Waals surface area contributed by atoms with Gasteiger partial charge in [-0.3, -0.25) is 4.40 Å². The maximum absolute atomic E-state index is 12.6. The highest BCUT2D eigenvalue weighted by atomic mass is 35.5. The van der Waals surface area contributed by atoms with Gasteiger partial charge in [0.1, 0.15) is 5.65 Å². The van der Waals surface area contributed by atoms with Crippen LogP contribution in [-0.4, -0.2) is 37.6 Å². The number of sulfonamides is 1. The zero-order valence-electron chi connectivity index (χ0n) is 11.9. The van der Waals surface area contributed by atoms with Crippen LogP contribution in [0.4, 0.5) is 0 Å². The molecule has 0 aromatic carbocycles. The molecule has 0 spiro atoms. The predicted molar refractivity (Wildman–Crippen MR) is 81.1 cm³/mol. The van der Waals surface area contributed by atoms with Crippen LogP contribution in [0.3, 0.4) is 0 Å². The number of ether oxygens (including phenoxy) is 1. The van der Waals surface area contributed by atoms with E-state index < -0.39 is 10.0 Å². The second-order valence-electron chi connectivity index (χ2n) is 4.70. The molecule has 1 unspecified atom stereocenters. The summed E-state index contributed by atoms with van der Waals surface area (Å²) in [6.07, 6.45) is 3.15. The number of hydrogen-bond donors (Lipinski definition) is 1. The lowest BCUT2D eigenvalue weighted by Gasteiger charge is -2.17. The number of pyridine rings is 1. The highest BCUT2D eigenvalue weighted by Crippen LogP contribution is 2.22. The fourth-order valence-corrected chi connectivity index (χ4v) is 4.09. The minimum absolute atomic E-state index is 0.0404. The van der Waals surface area contributed by atoms with Crippen molar-refractivity contribution in [1.82, 2.24) is 14.1 Å². The summed E-state index contributed by atoms with van der Waals surface area (Å²) in [5.41, 5.74) is 0.488. The number of imidazole rings is 1. The highest BCUT2D eigenvalue weighted by Gasteiger charge is 2.26. The molecule has 2 aromatic heterocycles. The molecule has 6 nitrogen and oxygen atoms in total. The molecule has 0 fully saturated rings. The summed E-state index contributed by atoms with van der Waals surface area (Å²) in [5, 5.41) is -0.0849. The Morgan fingerprint density at radius 3 is 2.90 bits per heavy atom. The summed E-state index contributed by atoms with van der Waals surface area (Å²) in [6, 6.07) is 4.90. The summed E-state index contributed by atoms with van der Waals surface area (Å²) >= 11 is 6.01. The Kier molecular flexibility index (Phi) is 5.21. The Morgan fingerprint density at radius 2 is 2.24 bits per heavy atom. The summed E-state index contributed by atoms with van der Waals surface area (Å²) < 4.78 is 34.3. The minimum atomic E-state index is -3.78. The van der Waals surface area contributed by atoms with E-state index in [1.165, 1.54) is 11.5 Å². The van der Waals surface area contributed by atoms with Crippen molar-refractivity contribution in [3.63, 3.8) is 0 Å². The molecule has 116 valence electrons. The number of nitrogens with zero attached hydrogens (tertiary/aromatic N) is 2. The normalized spacial score (nSPS) is 13.7. The second kappa shape index (κ2) is 6.74. The zero-order valence-corrected chi connectivity index (χ0v) is 13.5. The van der Waals surface area contributed by atoms with Gasteiger partial charge in [-0.15, -0.1) is 0 Å². The van der Waals surface area contributed by atoms with Gasteiger partial charge in [0.15, 0.2) is 10.2 Å². The van der Waals surface area contributed by atoms with E-state index in [9.17, 15) is 8.42 Å². The van der Waals surface area contributed by atoms with Crippen molar-refractivity contribution in [1.29, 1.82) is 0 Å². The van der Waals surface area contributed by atoms with Crippen molar-refractivity contribution in [3.8, 4) is 0 Å². The molecule has 0 amide bonds. The van der Waals surface area contributed by atoms with E-state index in [1.807, 2.05) is 6.92 Å². The maximum Gasteiger partial charge on any atom is 0.260 e. The largest absolute Gasteiger partial charge is 0.383 e. The van der Waals surface area contributed by atoms with Gasteiger partial charge in [-0.2, -0.15) is 0 Å². The van der Waals surface area contributed by atoms with Crippen molar-refractivity contribution in [2.24, 2.45) is 0 Å². The molecule has 21 heavy (non-hydrogen) atoms. The van der Waals surface area contributed by atoms with Gasteiger partial charge in [0, 0.05) is 19.3 Å². The minimum Gasteiger partial charge on any atom is -0.383 e. The lowest BCUT2D eigenvalue weighted by Crippen LogP contribution is -2.38.